The lowest BCUT2D eigenvalue weighted by Gasteiger charge is -2.22. The van der Waals surface area contributed by atoms with E-state index in [1.165, 1.54) is 5.56 Å². The van der Waals surface area contributed by atoms with Crippen molar-refractivity contribution in [1.29, 1.82) is 0 Å². The van der Waals surface area contributed by atoms with Gasteiger partial charge < -0.3 is 15.4 Å². The Labute approximate surface area is 114 Å². The molecule has 1 aliphatic rings. The largest absolute Gasteiger partial charge is 0.491 e. The van der Waals surface area contributed by atoms with Gasteiger partial charge in [0, 0.05) is 6.04 Å². The number of hydrogen-bond acceptors (Lipinski definition) is 3. The molecule has 104 valence electrons. The van der Waals surface area contributed by atoms with Gasteiger partial charge >= 0.3 is 0 Å². The third-order valence-electron chi connectivity index (χ3n) is 3.63. The summed E-state index contributed by atoms with van der Waals surface area (Å²) < 4.78 is 5.79. The number of nitrogens with two attached hydrogens (primary N) is 1. The zero-order valence-corrected chi connectivity index (χ0v) is 11.7. The van der Waals surface area contributed by atoms with Crippen molar-refractivity contribution in [3.63, 3.8) is 0 Å². The normalized spacial score (nSPS) is 14.3. The van der Waals surface area contributed by atoms with Crippen LogP contribution >= 0.6 is 0 Å². The number of ether oxygens (including phenoxy) is 1. The van der Waals surface area contributed by atoms with Gasteiger partial charge in [-0.15, -0.1) is 0 Å². The van der Waals surface area contributed by atoms with Gasteiger partial charge in [-0.3, -0.25) is 4.79 Å². The Balaban J connectivity index is 1.88. The van der Waals surface area contributed by atoms with E-state index in [1.54, 1.807) is 0 Å². The maximum absolute atomic E-state index is 11.7. The second-order valence-corrected chi connectivity index (χ2v) is 5.07. The van der Waals surface area contributed by atoms with Crippen molar-refractivity contribution in [3.05, 3.63) is 29.3 Å². The first-order valence-electron chi connectivity index (χ1n) is 6.82. The molecule has 2 N–H and O–H groups in total. The zero-order chi connectivity index (χ0) is 13.8. The van der Waals surface area contributed by atoms with Gasteiger partial charge in [-0.1, -0.05) is 12.1 Å². The van der Waals surface area contributed by atoms with E-state index in [0.29, 0.717) is 19.2 Å². The van der Waals surface area contributed by atoms with Crippen LogP contribution in [0.2, 0.25) is 0 Å². The maximum Gasteiger partial charge on any atom is 0.236 e. The quantitative estimate of drug-likeness (QED) is 0.847. The standard InChI is InChI=1S/C15H22N2O2/c1-11-4-3-5-14(12(11)2)19-9-8-17(13-6-7-13)15(18)10-16/h3-5,13H,6-10,16H2,1-2H3. The van der Waals surface area contributed by atoms with Gasteiger partial charge in [0.25, 0.3) is 0 Å². The minimum absolute atomic E-state index is 0.0204. The van der Waals surface area contributed by atoms with E-state index in [2.05, 4.69) is 13.0 Å². The minimum atomic E-state index is 0.0204. The molecule has 4 nitrogen and oxygen atoms in total. The van der Waals surface area contributed by atoms with Gasteiger partial charge in [0.1, 0.15) is 12.4 Å². The van der Waals surface area contributed by atoms with E-state index in [4.69, 9.17) is 10.5 Å². The van der Waals surface area contributed by atoms with Gasteiger partial charge in [-0.25, -0.2) is 0 Å². The highest BCUT2D eigenvalue weighted by Crippen LogP contribution is 2.27. The van der Waals surface area contributed by atoms with Gasteiger partial charge in [0.15, 0.2) is 0 Å². The zero-order valence-electron chi connectivity index (χ0n) is 11.7. The Morgan fingerprint density at radius 1 is 1.42 bits per heavy atom. The number of benzene rings is 1. The average Bonchev–Trinajstić information content (AvgIpc) is 3.23. The van der Waals surface area contributed by atoms with E-state index < -0.39 is 0 Å². The lowest BCUT2D eigenvalue weighted by molar-refractivity contribution is -0.130. The van der Waals surface area contributed by atoms with Crippen LogP contribution in [0.4, 0.5) is 0 Å². The van der Waals surface area contributed by atoms with E-state index in [9.17, 15) is 4.79 Å². The number of aryl methyl sites for hydroxylation is 1. The monoisotopic (exact) mass is 262 g/mol. The molecule has 1 amide bonds. The second-order valence-electron chi connectivity index (χ2n) is 5.07. The number of rotatable bonds is 6. The summed E-state index contributed by atoms with van der Waals surface area (Å²) in [4.78, 5) is 13.6. The fourth-order valence-corrected chi connectivity index (χ4v) is 2.15. The first kappa shape index (κ1) is 13.9. The number of carbonyl (C=O) groups excluding carboxylic acids is 1. The molecular weight excluding hydrogens is 240 g/mol. The predicted octanol–water partition coefficient (Wildman–Crippen LogP) is 1.63. The molecule has 0 bridgehead atoms. The molecule has 0 atom stereocenters. The summed E-state index contributed by atoms with van der Waals surface area (Å²) in [5.74, 6) is 0.919. The average molecular weight is 262 g/mol. The summed E-state index contributed by atoms with van der Waals surface area (Å²) in [5.41, 5.74) is 7.81. The summed E-state index contributed by atoms with van der Waals surface area (Å²) >= 11 is 0. The van der Waals surface area contributed by atoms with E-state index in [1.807, 2.05) is 24.0 Å². The highest BCUT2D eigenvalue weighted by atomic mass is 16.5. The molecule has 4 heteroatoms. The first-order valence-corrected chi connectivity index (χ1v) is 6.82. The molecular formula is C15H22N2O2. The molecule has 0 spiro atoms. The highest BCUT2D eigenvalue weighted by molar-refractivity contribution is 5.78. The van der Waals surface area contributed by atoms with Crippen LogP contribution in [0.1, 0.15) is 24.0 Å². The number of amides is 1. The van der Waals surface area contributed by atoms with Crippen LogP contribution in [-0.2, 0) is 4.79 Å². The number of hydrogen-bond donors (Lipinski definition) is 1. The summed E-state index contributed by atoms with van der Waals surface area (Å²) in [6, 6.07) is 6.41. The lowest BCUT2D eigenvalue weighted by atomic mass is 10.1. The summed E-state index contributed by atoms with van der Waals surface area (Å²) in [7, 11) is 0. The van der Waals surface area contributed by atoms with Crippen molar-refractivity contribution >= 4 is 5.91 Å². The number of nitrogens with zero attached hydrogens (tertiary/aromatic N) is 1. The number of carbonyl (C=O) groups is 1. The van der Waals surface area contributed by atoms with Crippen LogP contribution in [-0.4, -0.2) is 36.5 Å². The minimum Gasteiger partial charge on any atom is -0.491 e. The fourth-order valence-electron chi connectivity index (χ4n) is 2.15. The van der Waals surface area contributed by atoms with Crippen molar-refractivity contribution in [2.75, 3.05) is 19.7 Å². The molecule has 1 saturated carbocycles. The molecule has 0 saturated heterocycles. The van der Waals surface area contributed by atoms with Crippen molar-refractivity contribution in [2.24, 2.45) is 5.73 Å². The molecule has 19 heavy (non-hydrogen) atoms. The Morgan fingerprint density at radius 2 is 2.16 bits per heavy atom. The highest BCUT2D eigenvalue weighted by Gasteiger charge is 2.31. The smallest absolute Gasteiger partial charge is 0.236 e. The Kier molecular flexibility index (Phi) is 4.43. The Morgan fingerprint density at radius 3 is 2.79 bits per heavy atom. The third-order valence-corrected chi connectivity index (χ3v) is 3.63. The van der Waals surface area contributed by atoms with Crippen LogP contribution in [0, 0.1) is 13.8 Å². The fraction of sp³-hybridized carbons (Fsp3) is 0.533. The van der Waals surface area contributed by atoms with E-state index in [-0.39, 0.29) is 12.5 Å². The topological polar surface area (TPSA) is 55.6 Å². The second kappa shape index (κ2) is 6.06. The lowest BCUT2D eigenvalue weighted by Crippen LogP contribution is -2.40. The molecule has 0 aliphatic heterocycles. The molecule has 1 fully saturated rings. The van der Waals surface area contributed by atoms with Crippen molar-refractivity contribution in [3.8, 4) is 5.75 Å². The Bertz CT molecular complexity index is 455. The van der Waals surface area contributed by atoms with Crippen LogP contribution in [0.3, 0.4) is 0 Å². The third kappa shape index (κ3) is 3.47. The molecule has 0 radical (unpaired) electrons. The molecule has 1 aliphatic carbocycles. The predicted molar refractivity (Wildman–Crippen MR) is 75.2 cm³/mol. The molecule has 1 aromatic carbocycles. The molecule has 1 aromatic rings. The molecule has 0 unspecified atom stereocenters. The van der Waals surface area contributed by atoms with Gasteiger partial charge in [0.2, 0.25) is 5.91 Å². The molecule has 0 aromatic heterocycles. The van der Waals surface area contributed by atoms with Crippen LogP contribution < -0.4 is 10.5 Å². The van der Waals surface area contributed by atoms with Crippen molar-refractivity contribution in [2.45, 2.75) is 32.7 Å². The van der Waals surface area contributed by atoms with Crippen molar-refractivity contribution in [1.82, 2.24) is 4.90 Å². The first-order chi connectivity index (χ1) is 9.13. The summed E-state index contributed by atoms with van der Waals surface area (Å²) in [5, 5.41) is 0. The maximum atomic E-state index is 11.7. The van der Waals surface area contributed by atoms with Gasteiger partial charge in [-0.05, 0) is 43.9 Å². The van der Waals surface area contributed by atoms with Crippen LogP contribution in [0.25, 0.3) is 0 Å². The van der Waals surface area contributed by atoms with E-state index >= 15 is 0 Å². The molecule has 2 rings (SSSR count). The summed E-state index contributed by atoms with van der Waals surface area (Å²) in [6.45, 7) is 5.34. The van der Waals surface area contributed by atoms with Gasteiger partial charge in [-0.2, -0.15) is 0 Å². The van der Waals surface area contributed by atoms with Crippen molar-refractivity contribution < 1.29 is 9.53 Å². The van der Waals surface area contributed by atoms with E-state index in [0.717, 1.165) is 24.2 Å². The Hall–Kier alpha value is -1.55. The molecule has 0 heterocycles. The SMILES string of the molecule is Cc1cccc(OCCN(C(=O)CN)C2CC2)c1C. The van der Waals surface area contributed by atoms with Gasteiger partial charge in [0.05, 0.1) is 13.1 Å². The summed E-state index contributed by atoms with van der Waals surface area (Å²) in [6.07, 6.45) is 2.18. The van der Waals surface area contributed by atoms with Crippen LogP contribution in [0.5, 0.6) is 5.75 Å². The van der Waals surface area contributed by atoms with Crippen LogP contribution in [0.15, 0.2) is 18.2 Å².